The zero-order chi connectivity index (χ0) is 43.2. The maximum atomic E-state index is 14.7. The van der Waals surface area contributed by atoms with E-state index in [0.29, 0.717) is 0 Å². The summed E-state index contributed by atoms with van der Waals surface area (Å²) in [5.41, 5.74) is -3.50. The smallest absolute Gasteiger partial charge is 0.379 e. The van der Waals surface area contributed by atoms with Crippen molar-refractivity contribution in [3.63, 3.8) is 0 Å². The first-order valence-electron chi connectivity index (χ1n) is 14.6. The van der Waals surface area contributed by atoms with Gasteiger partial charge in [-0.15, -0.1) is 0 Å². The van der Waals surface area contributed by atoms with Gasteiger partial charge in [0.1, 0.15) is 0 Å². The Morgan fingerprint density at radius 3 is 0.926 bits per heavy atom. The van der Waals surface area contributed by atoms with Crippen LogP contribution in [0.4, 0.5) is 87.8 Å². The molecule has 0 bridgehead atoms. The minimum Gasteiger partial charge on any atom is -0.379 e. The van der Waals surface area contributed by atoms with E-state index in [1.54, 1.807) is 0 Å². The van der Waals surface area contributed by atoms with Crippen LogP contribution in [-0.4, -0.2) is 121 Å². The molecule has 0 spiro atoms. The highest BCUT2D eigenvalue weighted by molar-refractivity contribution is 8.00. The van der Waals surface area contributed by atoms with E-state index < -0.39 is 131 Å². The molecule has 4 unspecified atom stereocenters. The van der Waals surface area contributed by atoms with Gasteiger partial charge >= 0.3 is 46.9 Å². The number of rotatable bonds is 25. The molecule has 0 aliphatic rings. The molecular weight excluding hydrogens is 852 g/mol. The lowest BCUT2D eigenvalue weighted by Crippen LogP contribution is -2.55. The standard InChI is InChI=1S/C26H34F20O6S2/c1-7-47-11-17(3,4)49-13(9-53-19(29,30)15(27)51-25(43,44)21(33,34)23(37,38)39)14(50-18(5,6)12-48-8-2)10-54-20(31,32)16(28)52-26(45,46)22(35,36)24(40,41)42/h13-16H,7-12H2,1-6H3. The van der Waals surface area contributed by atoms with Crippen molar-refractivity contribution in [3.8, 4) is 0 Å². The van der Waals surface area contributed by atoms with Gasteiger partial charge in [0.05, 0.1) is 36.6 Å². The minimum absolute atomic E-state index is 0.0682. The molecule has 0 amide bonds. The Balaban J connectivity index is 6.77. The minimum atomic E-state index is -7.21. The molecule has 0 heterocycles. The summed E-state index contributed by atoms with van der Waals surface area (Å²) in [5, 5.41) is -11.0. The van der Waals surface area contributed by atoms with Crippen molar-refractivity contribution in [1.29, 1.82) is 0 Å². The van der Waals surface area contributed by atoms with Crippen LogP contribution in [0.2, 0.25) is 0 Å². The van der Waals surface area contributed by atoms with E-state index in [4.69, 9.17) is 18.9 Å². The quantitative estimate of drug-likeness (QED) is 0.0841. The van der Waals surface area contributed by atoms with Gasteiger partial charge in [-0.1, -0.05) is 23.5 Å². The van der Waals surface area contributed by atoms with Crippen LogP contribution in [-0.2, 0) is 28.4 Å². The Bertz CT molecular complexity index is 1050. The molecule has 0 radical (unpaired) electrons. The van der Waals surface area contributed by atoms with Crippen LogP contribution in [0.25, 0.3) is 0 Å². The van der Waals surface area contributed by atoms with Gasteiger partial charge < -0.3 is 18.9 Å². The maximum absolute atomic E-state index is 14.7. The van der Waals surface area contributed by atoms with Gasteiger partial charge in [-0.3, -0.25) is 9.47 Å². The van der Waals surface area contributed by atoms with Crippen molar-refractivity contribution in [2.24, 2.45) is 0 Å². The fourth-order valence-corrected chi connectivity index (χ4v) is 5.11. The lowest BCUT2D eigenvalue weighted by atomic mass is 10.1. The Labute approximate surface area is 302 Å². The van der Waals surface area contributed by atoms with Crippen LogP contribution >= 0.6 is 23.5 Å². The van der Waals surface area contributed by atoms with E-state index in [9.17, 15) is 87.8 Å². The summed E-state index contributed by atoms with van der Waals surface area (Å²) < 4.78 is 294. The first kappa shape index (κ1) is 53.1. The summed E-state index contributed by atoms with van der Waals surface area (Å²) in [7, 11) is 0. The average molecular weight is 887 g/mol. The number of halogens is 20. The van der Waals surface area contributed by atoms with E-state index in [2.05, 4.69) is 9.47 Å². The molecule has 0 fully saturated rings. The zero-order valence-corrected chi connectivity index (χ0v) is 30.0. The van der Waals surface area contributed by atoms with Gasteiger partial charge in [0.2, 0.25) is 0 Å². The molecule has 0 aliphatic heterocycles. The van der Waals surface area contributed by atoms with E-state index in [0.717, 1.165) is 27.7 Å². The molecule has 0 aromatic heterocycles. The Morgan fingerprint density at radius 1 is 0.444 bits per heavy atom. The number of hydrogen-bond donors (Lipinski definition) is 0. The van der Waals surface area contributed by atoms with Crippen LogP contribution < -0.4 is 0 Å². The third kappa shape index (κ3) is 14.8. The predicted octanol–water partition coefficient (Wildman–Crippen LogP) is 10.2. The molecule has 0 N–H and O–H groups in total. The second-order valence-corrected chi connectivity index (χ2v) is 14.2. The normalized spacial score (nSPS) is 17.4. The molecule has 4 atom stereocenters. The molecule has 0 aromatic rings. The van der Waals surface area contributed by atoms with E-state index in [-0.39, 0.29) is 13.2 Å². The highest BCUT2D eigenvalue weighted by atomic mass is 32.2. The largest absolute Gasteiger partial charge is 0.462 e. The van der Waals surface area contributed by atoms with Crippen molar-refractivity contribution in [2.75, 3.05) is 37.9 Å². The Hall–Kier alpha value is -0.940. The molecule has 326 valence electrons. The van der Waals surface area contributed by atoms with Crippen LogP contribution in [0.15, 0.2) is 0 Å². The van der Waals surface area contributed by atoms with Crippen LogP contribution in [0.5, 0.6) is 0 Å². The first-order chi connectivity index (χ1) is 23.8. The van der Waals surface area contributed by atoms with Gasteiger partial charge in [-0.2, -0.15) is 79.0 Å². The van der Waals surface area contributed by atoms with Crippen molar-refractivity contribution >= 4 is 23.5 Å². The summed E-state index contributed by atoms with van der Waals surface area (Å²) in [5.74, 6) is -17.6. The molecule has 54 heavy (non-hydrogen) atoms. The molecule has 28 heteroatoms. The highest BCUT2D eigenvalue weighted by Crippen LogP contribution is 2.51. The van der Waals surface area contributed by atoms with E-state index >= 15 is 0 Å². The summed E-state index contributed by atoms with van der Waals surface area (Å²) in [6.07, 6.45) is -42.6. The summed E-state index contributed by atoms with van der Waals surface area (Å²) in [4.78, 5) is 0. The van der Waals surface area contributed by atoms with Crippen LogP contribution in [0.3, 0.4) is 0 Å². The fourth-order valence-electron chi connectivity index (χ4n) is 3.41. The average Bonchev–Trinajstić information content (AvgIpc) is 2.97. The second kappa shape index (κ2) is 18.8. The summed E-state index contributed by atoms with van der Waals surface area (Å²) in [6, 6.07) is 0. The predicted molar refractivity (Wildman–Crippen MR) is 150 cm³/mol. The number of ether oxygens (including phenoxy) is 6. The first-order valence-corrected chi connectivity index (χ1v) is 16.6. The van der Waals surface area contributed by atoms with E-state index in [1.165, 1.54) is 13.8 Å². The Kier molecular flexibility index (Phi) is 18.4. The molecule has 6 nitrogen and oxygen atoms in total. The topological polar surface area (TPSA) is 55.4 Å². The van der Waals surface area contributed by atoms with Crippen molar-refractivity contribution in [3.05, 3.63) is 0 Å². The van der Waals surface area contributed by atoms with Crippen LogP contribution in [0.1, 0.15) is 41.5 Å². The maximum Gasteiger partial charge on any atom is 0.462 e. The molecule has 0 aromatic carbocycles. The van der Waals surface area contributed by atoms with E-state index in [1.807, 2.05) is 0 Å². The van der Waals surface area contributed by atoms with Crippen molar-refractivity contribution < 1.29 is 116 Å². The summed E-state index contributed by atoms with van der Waals surface area (Å²) >= 11 is -2.42. The van der Waals surface area contributed by atoms with Crippen LogP contribution in [0, 0.1) is 0 Å². The van der Waals surface area contributed by atoms with Crippen molar-refractivity contribution in [2.45, 2.75) is 125 Å². The third-order valence-electron chi connectivity index (χ3n) is 6.02. The Morgan fingerprint density at radius 2 is 0.704 bits per heavy atom. The van der Waals surface area contributed by atoms with Crippen molar-refractivity contribution in [1.82, 2.24) is 0 Å². The number of thioether (sulfide) groups is 2. The molecule has 0 aliphatic carbocycles. The molecule has 0 saturated carbocycles. The molecular formula is C26H34F20O6S2. The van der Waals surface area contributed by atoms with Gasteiger partial charge in [0, 0.05) is 24.7 Å². The van der Waals surface area contributed by atoms with Gasteiger partial charge in [0.25, 0.3) is 12.7 Å². The lowest BCUT2D eigenvalue weighted by molar-refractivity contribution is -0.446. The summed E-state index contributed by atoms with van der Waals surface area (Å²) in [6.45, 7) is 6.20. The fraction of sp³-hybridized carbons (Fsp3) is 1.00. The number of alkyl halides is 20. The number of hydrogen-bond acceptors (Lipinski definition) is 8. The van der Waals surface area contributed by atoms with Gasteiger partial charge in [-0.25, -0.2) is 8.78 Å². The van der Waals surface area contributed by atoms with Gasteiger partial charge in [-0.05, 0) is 41.5 Å². The third-order valence-corrected chi connectivity index (χ3v) is 8.15. The molecule has 0 saturated heterocycles. The molecule has 0 rings (SSSR count). The monoisotopic (exact) mass is 886 g/mol. The SMILES string of the molecule is CCOCC(C)(C)OC(CSC(F)(F)C(F)OC(F)(F)C(F)(F)C(F)(F)F)C(CSC(F)(F)C(F)OC(F)(F)C(F)(F)C(F)(F)F)OC(C)(C)COCC. The highest BCUT2D eigenvalue weighted by Gasteiger charge is 2.77. The zero-order valence-electron chi connectivity index (χ0n) is 28.4. The lowest BCUT2D eigenvalue weighted by Gasteiger charge is -2.39. The van der Waals surface area contributed by atoms with Gasteiger partial charge in [0.15, 0.2) is 0 Å². The second-order valence-electron chi connectivity index (χ2n) is 11.9.